The number of hydrogen-bond donors (Lipinski definition) is 1. The molecule has 0 fully saturated rings. The molecule has 0 aliphatic carbocycles. The van der Waals surface area contributed by atoms with Crippen LogP contribution in [0.2, 0.25) is 0 Å². The molecule has 1 aromatic rings. The molecule has 0 spiro atoms. The second-order valence-corrected chi connectivity index (χ2v) is 6.32. The predicted molar refractivity (Wildman–Crippen MR) is 62.0 cm³/mol. The molecular formula is C8H13N3O2S2. The second-order valence-electron chi connectivity index (χ2n) is 2.95. The molecule has 0 atom stereocenters. The molecule has 0 bridgehead atoms. The molecule has 0 saturated carbocycles. The van der Waals surface area contributed by atoms with Crippen LogP contribution in [0.25, 0.3) is 0 Å². The fraction of sp³-hybridized carbons (Fsp3) is 0.500. The first-order valence-corrected chi connectivity index (χ1v) is 7.37. The molecule has 1 aromatic heterocycles. The van der Waals surface area contributed by atoms with E-state index in [0.717, 1.165) is 5.03 Å². The van der Waals surface area contributed by atoms with Gasteiger partial charge in [-0.2, -0.15) is 0 Å². The molecule has 0 amide bonds. The maximum absolute atomic E-state index is 10.9. The number of anilines is 1. The third-order valence-electron chi connectivity index (χ3n) is 1.56. The van der Waals surface area contributed by atoms with E-state index in [2.05, 4.69) is 15.3 Å². The van der Waals surface area contributed by atoms with Crippen LogP contribution in [0.1, 0.15) is 0 Å². The summed E-state index contributed by atoms with van der Waals surface area (Å²) in [6.45, 7) is 0. The van der Waals surface area contributed by atoms with Crippen molar-refractivity contribution in [3.05, 3.63) is 12.3 Å². The minimum Gasteiger partial charge on any atom is -0.357 e. The van der Waals surface area contributed by atoms with E-state index >= 15 is 0 Å². The molecule has 0 aromatic carbocycles. The van der Waals surface area contributed by atoms with E-state index < -0.39 is 9.84 Å². The van der Waals surface area contributed by atoms with E-state index in [9.17, 15) is 8.42 Å². The van der Waals surface area contributed by atoms with Gasteiger partial charge in [0.05, 0.1) is 5.75 Å². The summed E-state index contributed by atoms with van der Waals surface area (Å²) in [7, 11) is -1.15. The summed E-state index contributed by atoms with van der Waals surface area (Å²) in [6.07, 6.45) is 2.87. The van der Waals surface area contributed by atoms with E-state index in [4.69, 9.17) is 0 Å². The highest BCUT2D eigenvalue weighted by Gasteiger charge is 2.03. The summed E-state index contributed by atoms with van der Waals surface area (Å²) in [4.78, 5) is 8.12. The van der Waals surface area contributed by atoms with Crippen molar-refractivity contribution in [3.63, 3.8) is 0 Å². The van der Waals surface area contributed by atoms with Crippen molar-refractivity contribution >= 4 is 27.5 Å². The Hall–Kier alpha value is -0.820. The SMILES string of the molecule is CNc1nccc(SCCS(C)(=O)=O)n1. The van der Waals surface area contributed by atoms with E-state index in [-0.39, 0.29) is 5.75 Å². The van der Waals surface area contributed by atoms with Crippen molar-refractivity contribution in [3.8, 4) is 0 Å². The van der Waals surface area contributed by atoms with Gasteiger partial charge in [-0.3, -0.25) is 0 Å². The average molecular weight is 247 g/mol. The lowest BCUT2D eigenvalue weighted by molar-refractivity contribution is 0.603. The number of rotatable bonds is 5. The highest BCUT2D eigenvalue weighted by molar-refractivity contribution is 8.00. The molecule has 1 rings (SSSR count). The van der Waals surface area contributed by atoms with Crippen LogP contribution in [0.5, 0.6) is 0 Å². The molecular weight excluding hydrogens is 234 g/mol. The Morgan fingerprint density at radius 2 is 2.27 bits per heavy atom. The van der Waals surface area contributed by atoms with Gasteiger partial charge >= 0.3 is 0 Å². The third kappa shape index (κ3) is 4.98. The molecule has 0 unspecified atom stereocenters. The van der Waals surface area contributed by atoms with Gasteiger partial charge in [0.15, 0.2) is 0 Å². The Kier molecular flexibility index (Phi) is 4.34. The Morgan fingerprint density at radius 1 is 1.53 bits per heavy atom. The van der Waals surface area contributed by atoms with E-state index in [1.165, 1.54) is 18.0 Å². The Morgan fingerprint density at radius 3 is 2.87 bits per heavy atom. The van der Waals surface area contributed by atoms with Gasteiger partial charge in [0.1, 0.15) is 14.9 Å². The molecule has 0 saturated heterocycles. The van der Waals surface area contributed by atoms with Gasteiger partial charge in [-0.15, -0.1) is 11.8 Å². The average Bonchev–Trinajstić information content (AvgIpc) is 2.16. The van der Waals surface area contributed by atoms with Crippen LogP contribution in [0, 0.1) is 0 Å². The zero-order valence-electron chi connectivity index (χ0n) is 8.60. The van der Waals surface area contributed by atoms with Gasteiger partial charge < -0.3 is 5.32 Å². The monoisotopic (exact) mass is 247 g/mol. The van der Waals surface area contributed by atoms with Crippen LogP contribution in [0.3, 0.4) is 0 Å². The topological polar surface area (TPSA) is 72.0 Å². The molecule has 0 aliphatic heterocycles. The zero-order valence-corrected chi connectivity index (χ0v) is 10.2. The van der Waals surface area contributed by atoms with E-state index in [0.29, 0.717) is 11.7 Å². The second kappa shape index (κ2) is 5.32. The van der Waals surface area contributed by atoms with Gasteiger partial charge in [0.2, 0.25) is 5.95 Å². The Balaban J connectivity index is 2.51. The number of hydrogen-bond acceptors (Lipinski definition) is 6. The lowest BCUT2D eigenvalue weighted by Crippen LogP contribution is -2.05. The molecule has 84 valence electrons. The van der Waals surface area contributed by atoms with Crippen LogP contribution in [-0.2, 0) is 9.84 Å². The zero-order chi connectivity index (χ0) is 11.3. The molecule has 7 heteroatoms. The first kappa shape index (κ1) is 12.3. The van der Waals surface area contributed by atoms with Crippen molar-refractivity contribution in [2.45, 2.75) is 5.03 Å². The summed E-state index contributed by atoms with van der Waals surface area (Å²) in [5, 5.41) is 3.60. The molecule has 0 aliphatic rings. The quantitative estimate of drug-likeness (QED) is 0.608. The summed E-state index contributed by atoms with van der Waals surface area (Å²) >= 11 is 1.41. The maximum Gasteiger partial charge on any atom is 0.223 e. The number of aromatic nitrogens is 2. The smallest absolute Gasteiger partial charge is 0.223 e. The fourth-order valence-electron chi connectivity index (χ4n) is 0.841. The van der Waals surface area contributed by atoms with Crippen LogP contribution in [0.4, 0.5) is 5.95 Å². The fourth-order valence-corrected chi connectivity index (χ4v) is 2.90. The summed E-state index contributed by atoms with van der Waals surface area (Å²) in [6, 6.07) is 1.76. The van der Waals surface area contributed by atoms with Crippen molar-refractivity contribution < 1.29 is 8.42 Å². The number of thioether (sulfide) groups is 1. The lowest BCUT2D eigenvalue weighted by atomic mass is 10.7. The van der Waals surface area contributed by atoms with Crippen molar-refractivity contribution in [2.24, 2.45) is 0 Å². The van der Waals surface area contributed by atoms with Gasteiger partial charge in [0.25, 0.3) is 0 Å². The normalized spacial score (nSPS) is 11.3. The van der Waals surface area contributed by atoms with Crippen LogP contribution in [0.15, 0.2) is 17.3 Å². The highest BCUT2D eigenvalue weighted by atomic mass is 32.2. The van der Waals surface area contributed by atoms with Crippen molar-refractivity contribution in [1.82, 2.24) is 9.97 Å². The first-order valence-electron chi connectivity index (χ1n) is 4.32. The lowest BCUT2D eigenvalue weighted by Gasteiger charge is -2.01. The van der Waals surface area contributed by atoms with Crippen LogP contribution >= 0.6 is 11.8 Å². The third-order valence-corrected chi connectivity index (χ3v) is 3.69. The minimum absolute atomic E-state index is 0.163. The van der Waals surface area contributed by atoms with Gasteiger partial charge in [0, 0.05) is 25.3 Å². The summed E-state index contributed by atoms with van der Waals surface area (Å²) < 4.78 is 21.8. The standard InChI is InChI=1S/C8H13N3O2S2/c1-9-8-10-4-3-7(11-8)14-5-6-15(2,12)13/h3-4H,5-6H2,1-2H3,(H,9,10,11). The molecule has 15 heavy (non-hydrogen) atoms. The molecule has 1 heterocycles. The highest BCUT2D eigenvalue weighted by Crippen LogP contribution is 2.15. The largest absolute Gasteiger partial charge is 0.357 e. The predicted octanol–water partition coefficient (Wildman–Crippen LogP) is 0.655. The maximum atomic E-state index is 10.9. The summed E-state index contributed by atoms with van der Waals surface area (Å²) in [5.41, 5.74) is 0. The van der Waals surface area contributed by atoms with Crippen LogP contribution < -0.4 is 5.32 Å². The van der Waals surface area contributed by atoms with Gasteiger partial charge in [-0.25, -0.2) is 18.4 Å². The Bertz CT molecular complexity index is 420. The van der Waals surface area contributed by atoms with Crippen molar-refractivity contribution in [2.75, 3.05) is 30.1 Å². The molecule has 1 N–H and O–H groups in total. The van der Waals surface area contributed by atoms with Crippen LogP contribution in [-0.4, -0.2) is 43.2 Å². The number of nitrogens with one attached hydrogen (secondary N) is 1. The van der Waals surface area contributed by atoms with Gasteiger partial charge in [-0.05, 0) is 6.07 Å². The van der Waals surface area contributed by atoms with Gasteiger partial charge in [-0.1, -0.05) is 0 Å². The van der Waals surface area contributed by atoms with Crippen molar-refractivity contribution in [1.29, 1.82) is 0 Å². The molecule has 0 radical (unpaired) electrons. The minimum atomic E-state index is -2.89. The first-order chi connectivity index (χ1) is 7.01. The number of nitrogens with zero attached hydrogens (tertiary/aromatic N) is 2. The van der Waals surface area contributed by atoms with E-state index in [1.54, 1.807) is 19.3 Å². The molecule has 5 nitrogen and oxygen atoms in total. The summed E-state index contributed by atoms with van der Waals surface area (Å²) in [5.74, 6) is 1.22. The van der Waals surface area contributed by atoms with E-state index in [1.807, 2.05) is 0 Å². The number of sulfone groups is 1. The Labute approximate surface area is 93.6 Å².